The van der Waals surface area contributed by atoms with Gasteiger partial charge < -0.3 is 4.90 Å². The van der Waals surface area contributed by atoms with Crippen molar-refractivity contribution in [3.8, 4) is 0 Å². The van der Waals surface area contributed by atoms with Gasteiger partial charge in [0.25, 0.3) is 5.91 Å². The van der Waals surface area contributed by atoms with Crippen molar-refractivity contribution < 1.29 is 13.2 Å². The molecular formula is C19H25N3O3S. The second-order valence-electron chi connectivity index (χ2n) is 6.63. The van der Waals surface area contributed by atoms with E-state index < -0.39 is 10.0 Å². The Bertz CT molecular complexity index is 894. The van der Waals surface area contributed by atoms with E-state index in [4.69, 9.17) is 0 Å². The molecule has 0 radical (unpaired) electrons. The second kappa shape index (κ2) is 7.97. The zero-order valence-electron chi connectivity index (χ0n) is 15.8. The Morgan fingerprint density at radius 1 is 1.15 bits per heavy atom. The predicted octanol–water partition coefficient (Wildman–Crippen LogP) is 2.34. The molecule has 0 aliphatic rings. The molecule has 0 aliphatic heterocycles. The molecule has 1 unspecified atom stereocenters. The van der Waals surface area contributed by atoms with E-state index in [2.05, 4.69) is 4.98 Å². The third-order valence-corrected chi connectivity index (χ3v) is 6.23. The molecule has 1 aromatic heterocycles. The van der Waals surface area contributed by atoms with Crippen molar-refractivity contribution in [2.75, 3.05) is 21.1 Å². The highest BCUT2D eigenvalue weighted by Gasteiger charge is 2.26. The molecule has 0 fully saturated rings. The smallest absolute Gasteiger partial charge is 0.253 e. The number of amides is 1. The topological polar surface area (TPSA) is 70.6 Å². The van der Waals surface area contributed by atoms with E-state index in [1.807, 2.05) is 26.0 Å². The van der Waals surface area contributed by atoms with Crippen LogP contribution in [0.1, 0.15) is 28.5 Å². The molecule has 1 aromatic carbocycles. The van der Waals surface area contributed by atoms with Crippen molar-refractivity contribution in [1.82, 2.24) is 14.2 Å². The molecule has 0 saturated heterocycles. The highest BCUT2D eigenvalue weighted by Crippen LogP contribution is 2.20. The van der Waals surface area contributed by atoms with Crippen molar-refractivity contribution in [1.29, 1.82) is 0 Å². The van der Waals surface area contributed by atoms with Gasteiger partial charge in [0, 0.05) is 51.1 Å². The first-order valence-corrected chi connectivity index (χ1v) is 9.78. The van der Waals surface area contributed by atoms with Crippen LogP contribution in [0.5, 0.6) is 0 Å². The van der Waals surface area contributed by atoms with Crippen LogP contribution in [0, 0.1) is 6.92 Å². The van der Waals surface area contributed by atoms with Gasteiger partial charge in [-0.25, -0.2) is 8.42 Å². The van der Waals surface area contributed by atoms with Crippen molar-refractivity contribution in [2.45, 2.75) is 31.2 Å². The summed E-state index contributed by atoms with van der Waals surface area (Å²) in [5.74, 6) is -0.235. The van der Waals surface area contributed by atoms with E-state index >= 15 is 0 Å². The summed E-state index contributed by atoms with van der Waals surface area (Å²) in [7, 11) is 1.10. The molecule has 7 heteroatoms. The molecule has 6 nitrogen and oxygen atoms in total. The normalized spacial score (nSPS) is 12.8. The quantitative estimate of drug-likeness (QED) is 0.777. The first-order chi connectivity index (χ1) is 12.1. The maximum atomic E-state index is 13.0. The van der Waals surface area contributed by atoms with Gasteiger partial charge in [0.05, 0.1) is 4.90 Å². The minimum Gasteiger partial charge on any atom is -0.345 e. The standard InChI is InChI=1S/C19H25N3O3S/c1-14-9-10-20-17(11-14)12-15(2)22(5)26(24,25)18-8-6-7-16(13-18)19(23)21(3)4/h6-11,13,15H,12H2,1-5H3. The van der Waals surface area contributed by atoms with Gasteiger partial charge in [0.2, 0.25) is 10.0 Å². The molecule has 0 aliphatic carbocycles. The molecule has 1 amide bonds. The number of sulfonamides is 1. The lowest BCUT2D eigenvalue weighted by Gasteiger charge is -2.24. The lowest BCUT2D eigenvalue weighted by atomic mass is 10.1. The van der Waals surface area contributed by atoms with Crippen LogP contribution in [-0.2, 0) is 16.4 Å². The van der Waals surface area contributed by atoms with Gasteiger partial charge in [-0.2, -0.15) is 4.31 Å². The summed E-state index contributed by atoms with van der Waals surface area (Å²) in [5, 5.41) is 0. The Morgan fingerprint density at radius 2 is 1.85 bits per heavy atom. The third kappa shape index (κ3) is 4.47. The minimum atomic E-state index is -3.72. The number of aromatic nitrogens is 1. The van der Waals surface area contributed by atoms with E-state index in [9.17, 15) is 13.2 Å². The Morgan fingerprint density at radius 3 is 2.46 bits per heavy atom. The summed E-state index contributed by atoms with van der Waals surface area (Å²) in [6, 6.07) is 9.71. The number of benzene rings is 1. The van der Waals surface area contributed by atoms with Crippen molar-refractivity contribution >= 4 is 15.9 Å². The van der Waals surface area contributed by atoms with Crippen LogP contribution < -0.4 is 0 Å². The fourth-order valence-electron chi connectivity index (χ4n) is 2.59. The molecule has 2 aromatic rings. The lowest BCUT2D eigenvalue weighted by molar-refractivity contribution is 0.0827. The molecule has 0 saturated carbocycles. The maximum absolute atomic E-state index is 13.0. The summed E-state index contributed by atoms with van der Waals surface area (Å²) < 4.78 is 27.2. The van der Waals surface area contributed by atoms with Gasteiger partial charge in [0.15, 0.2) is 0 Å². The van der Waals surface area contributed by atoms with Crippen LogP contribution in [0.3, 0.4) is 0 Å². The Kier molecular flexibility index (Phi) is 6.15. The number of pyridine rings is 1. The summed E-state index contributed by atoms with van der Waals surface area (Å²) in [4.78, 5) is 17.9. The van der Waals surface area contributed by atoms with Crippen LogP contribution in [0.4, 0.5) is 0 Å². The number of nitrogens with zero attached hydrogens (tertiary/aromatic N) is 3. The lowest BCUT2D eigenvalue weighted by Crippen LogP contribution is -2.36. The van der Waals surface area contributed by atoms with Gasteiger partial charge in [0.1, 0.15) is 0 Å². The first-order valence-electron chi connectivity index (χ1n) is 8.34. The highest BCUT2D eigenvalue weighted by molar-refractivity contribution is 7.89. The SMILES string of the molecule is Cc1ccnc(CC(C)N(C)S(=O)(=O)c2cccc(C(=O)N(C)C)c2)c1. The van der Waals surface area contributed by atoms with E-state index in [0.29, 0.717) is 12.0 Å². The summed E-state index contributed by atoms with van der Waals surface area (Å²) in [6.07, 6.45) is 2.23. The van der Waals surface area contributed by atoms with Crippen LogP contribution in [0.25, 0.3) is 0 Å². The molecule has 140 valence electrons. The van der Waals surface area contributed by atoms with Crippen LogP contribution in [-0.4, -0.2) is 55.7 Å². The predicted molar refractivity (Wildman–Crippen MR) is 102 cm³/mol. The zero-order valence-corrected chi connectivity index (χ0v) is 16.6. The number of hydrogen-bond donors (Lipinski definition) is 0. The zero-order chi connectivity index (χ0) is 19.5. The Balaban J connectivity index is 2.25. The average Bonchev–Trinajstić information content (AvgIpc) is 2.60. The summed E-state index contributed by atoms with van der Waals surface area (Å²) in [6.45, 7) is 3.82. The molecule has 0 bridgehead atoms. The van der Waals surface area contributed by atoms with Crippen LogP contribution in [0.15, 0.2) is 47.5 Å². The summed E-state index contributed by atoms with van der Waals surface area (Å²) >= 11 is 0. The van der Waals surface area contributed by atoms with Crippen LogP contribution in [0.2, 0.25) is 0 Å². The van der Waals surface area contributed by atoms with E-state index in [1.165, 1.54) is 21.3 Å². The molecule has 26 heavy (non-hydrogen) atoms. The highest BCUT2D eigenvalue weighted by atomic mass is 32.2. The molecule has 1 heterocycles. The van der Waals surface area contributed by atoms with Gasteiger partial charge >= 0.3 is 0 Å². The van der Waals surface area contributed by atoms with Crippen molar-refractivity contribution in [2.24, 2.45) is 0 Å². The molecule has 2 rings (SSSR count). The monoisotopic (exact) mass is 375 g/mol. The van der Waals surface area contributed by atoms with Crippen molar-refractivity contribution in [3.63, 3.8) is 0 Å². The van der Waals surface area contributed by atoms with E-state index in [1.54, 1.807) is 39.5 Å². The molecule has 1 atom stereocenters. The van der Waals surface area contributed by atoms with Crippen molar-refractivity contribution in [3.05, 3.63) is 59.4 Å². The summed E-state index contributed by atoms with van der Waals surface area (Å²) in [5.41, 5.74) is 2.27. The Labute approximate surface area is 155 Å². The largest absolute Gasteiger partial charge is 0.345 e. The Hall–Kier alpha value is -2.25. The number of carbonyl (C=O) groups is 1. The fourth-order valence-corrected chi connectivity index (χ4v) is 4.00. The maximum Gasteiger partial charge on any atom is 0.253 e. The molecule has 0 N–H and O–H groups in total. The average molecular weight is 375 g/mol. The van der Waals surface area contributed by atoms with E-state index in [-0.39, 0.29) is 16.8 Å². The van der Waals surface area contributed by atoms with Gasteiger partial charge in [-0.05, 0) is 49.7 Å². The number of hydrogen-bond acceptors (Lipinski definition) is 4. The minimum absolute atomic E-state index is 0.108. The fraction of sp³-hybridized carbons (Fsp3) is 0.368. The van der Waals surface area contributed by atoms with Gasteiger partial charge in [-0.15, -0.1) is 0 Å². The number of carbonyl (C=O) groups excluding carboxylic acids is 1. The van der Waals surface area contributed by atoms with Gasteiger partial charge in [-0.3, -0.25) is 9.78 Å². The number of likely N-dealkylation sites (N-methyl/N-ethyl adjacent to an activating group) is 1. The van der Waals surface area contributed by atoms with E-state index in [0.717, 1.165) is 11.3 Å². The third-order valence-electron chi connectivity index (χ3n) is 4.26. The van der Waals surface area contributed by atoms with Gasteiger partial charge in [-0.1, -0.05) is 6.07 Å². The number of rotatable bonds is 6. The number of aryl methyl sites for hydroxylation is 1. The second-order valence-corrected chi connectivity index (χ2v) is 8.62. The van der Waals surface area contributed by atoms with Crippen LogP contribution >= 0.6 is 0 Å². The molecule has 0 spiro atoms. The first kappa shape index (κ1) is 20.1. The molecular weight excluding hydrogens is 350 g/mol.